The van der Waals surface area contributed by atoms with Crippen molar-refractivity contribution in [2.24, 2.45) is 0 Å². The van der Waals surface area contributed by atoms with Crippen molar-refractivity contribution in [3.8, 4) is 5.75 Å². The molecule has 2 aromatic carbocycles. The summed E-state index contributed by atoms with van der Waals surface area (Å²) in [6.07, 6.45) is 1.69. The van der Waals surface area contributed by atoms with Gasteiger partial charge in [0.2, 0.25) is 0 Å². The second kappa shape index (κ2) is 5.13. The van der Waals surface area contributed by atoms with Crippen LogP contribution in [0.5, 0.6) is 5.75 Å². The number of carbonyl (C=O) groups is 1. The molecule has 0 bridgehead atoms. The van der Waals surface area contributed by atoms with Gasteiger partial charge in [0.1, 0.15) is 5.52 Å². The molecular formula is C17H13NO2. The van der Waals surface area contributed by atoms with Gasteiger partial charge < -0.3 is 4.74 Å². The molecule has 0 N–H and O–H groups in total. The highest BCUT2D eigenvalue weighted by Crippen LogP contribution is 2.23. The lowest BCUT2D eigenvalue weighted by molar-refractivity contribution is 0.0737. The molecule has 0 unspecified atom stereocenters. The molecule has 0 saturated carbocycles. The lowest BCUT2D eigenvalue weighted by atomic mass is 10.1. The molecule has 3 aromatic rings. The minimum atomic E-state index is -0.372. The monoisotopic (exact) mass is 263 g/mol. The number of ether oxygens (including phenoxy) is 1. The van der Waals surface area contributed by atoms with E-state index in [0.717, 1.165) is 10.9 Å². The summed E-state index contributed by atoms with van der Waals surface area (Å²) in [6, 6.07) is 16.6. The van der Waals surface area contributed by atoms with Crippen LogP contribution in [0.3, 0.4) is 0 Å². The van der Waals surface area contributed by atoms with Gasteiger partial charge >= 0.3 is 5.97 Å². The van der Waals surface area contributed by atoms with Gasteiger partial charge in [0.15, 0.2) is 5.75 Å². The summed E-state index contributed by atoms with van der Waals surface area (Å²) in [5, 5.41) is 0.946. The van der Waals surface area contributed by atoms with Crippen LogP contribution in [0.25, 0.3) is 10.9 Å². The van der Waals surface area contributed by atoms with Gasteiger partial charge in [-0.3, -0.25) is 4.98 Å². The zero-order valence-corrected chi connectivity index (χ0v) is 11.0. The third kappa shape index (κ3) is 2.38. The van der Waals surface area contributed by atoms with Crippen molar-refractivity contribution in [3.05, 3.63) is 71.9 Å². The molecule has 1 heterocycles. The number of para-hydroxylation sites is 1. The van der Waals surface area contributed by atoms with E-state index in [0.29, 0.717) is 16.8 Å². The van der Waals surface area contributed by atoms with Gasteiger partial charge in [0.25, 0.3) is 0 Å². The highest BCUT2D eigenvalue weighted by molar-refractivity contribution is 5.94. The van der Waals surface area contributed by atoms with E-state index in [1.165, 1.54) is 0 Å². The molecule has 0 aliphatic heterocycles. The largest absolute Gasteiger partial charge is 0.421 e. The maximum atomic E-state index is 12.1. The smallest absolute Gasteiger partial charge is 0.343 e. The van der Waals surface area contributed by atoms with Crippen LogP contribution in [0.1, 0.15) is 15.9 Å². The number of hydrogen-bond acceptors (Lipinski definition) is 3. The summed E-state index contributed by atoms with van der Waals surface area (Å²) in [5.74, 6) is 0.108. The summed E-state index contributed by atoms with van der Waals surface area (Å²) >= 11 is 0. The summed E-state index contributed by atoms with van der Waals surface area (Å²) in [4.78, 5) is 16.4. The van der Waals surface area contributed by atoms with Crippen LogP contribution in [0.4, 0.5) is 0 Å². The number of rotatable bonds is 2. The van der Waals surface area contributed by atoms with Crippen molar-refractivity contribution in [2.45, 2.75) is 6.92 Å². The van der Waals surface area contributed by atoms with E-state index in [2.05, 4.69) is 4.98 Å². The Morgan fingerprint density at radius 1 is 1.00 bits per heavy atom. The molecule has 0 saturated heterocycles. The quantitative estimate of drug-likeness (QED) is 0.522. The van der Waals surface area contributed by atoms with Gasteiger partial charge in [0.05, 0.1) is 5.56 Å². The van der Waals surface area contributed by atoms with Crippen molar-refractivity contribution in [3.63, 3.8) is 0 Å². The van der Waals surface area contributed by atoms with Crippen molar-refractivity contribution in [2.75, 3.05) is 0 Å². The number of hydrogen-bond donors (Lipinski definition) is 0. The second-order valence-electron chi connectivity index (χ2n) is 4.59. The van der Waals surface area contributed by atoms with Crippen LogP contribution < -0.4 is 4.74 Å². The van der Waals surface area contributed by atoms with E-state index in [1.807, 2.05) is 43.3 Å². The van der Waals surface area contributed by atoms with Gasteiger partial charge in [0, 0.05) is 11.6 Å². The van der Waals surface area contributed by atoms with E-state index >= 15 is 0 Å². The highest BCUT2D eigenvalue weighted by Gasteiger charge is 2.10. The van der Waals surface area contributed by atoms with Crippen molar-refractivity contribution in [1.82, 2.24) is 4.98 Å². The Morgan fingerprint density at radius 2 is 1.75 bits per heavy atom. The number of carbonyl (C=O) groups excluding carboxylic acids is 1. The molecule has 0 spiro atoms. The lowest BCUT2D eigenvalue weighted by Crippen LogP contribution is -2.08. The highest BCUT2D eigenvalue weighted by atomic mass is 16.5. The van der Waals surface area contributed by atoms with Crippen molar-refractivity contribution >= 4 is 16.9 Å². The van der Waals surface area contributed by atoms with Crippen LogP contribution in [0.15, 0.2) is 60.8 Å². The predicted octanol–water partition coefficient (Wildman–Crippen LogP) is 3.76. The van der Waals surface area contributed by atoms with Crippen LogP contribution in [0.2, 0.25) is 0 Å². The van der Waals surface area contributed by atoms with Gasteiger partial charge in [-0.15, -0.1) is 0 Å². The van der Waals surface area contributed by atoms with E-state index in [4.69, 9.17) is 4.74 Å². The average Bonchev–Trinajstić information content (AvgIpc) is 2.48. The lowest BCUT2D eigenvalue weighted by Gasteiger charge is -2.07. The fourth-order valence-electron chi connectivity index (χ4n) is 2.01. The number of aromatic nitrogens is 1. The molecule has 0 aliphatic carbocycles. The third-order valence-corrected chi connectivity index (χ3v) is 3.09. The van der Waals surface area contributed by atoms with Crippen LogP contribution in [-0.4, -0.2) is 11.0 Å². The Balaban J connectivity index is 1.93. The SMILES string of the molecule is Cc1ccc(C(=O)Oc2cccc3cccnc23)cc1. The molecule has 3 heteroatoms. The molecule has 20 heavy (non-hydrogen) atoms. The molecule has 0 radical (unpaired) electrons. The van der Waals surface area contributed by atoms with Crippen molar-refractivity contribution in [1.29, 1.82) is 0 Å². The zero-order chi connectivity index (χ0) is 13.9. The normalized spacial score (nSPS) is 10.4. The maximum Gasteiger partial charge on any atom is 0.343 e. The number of aryl methyl sites for hydroxylation is 1. The van der Waals surface area contributed by atoms with Gasteiger partial charge in [-0.2, -0.15) is 0 Å². The Morgan fingerprint density at radius 3 is 2.55 bits per heavy atom. The molecular weight excluding hydrogens is 250 g/mol. The Labute approximate surface area is 116 Å². The third-order valence-electron chi connectivity index (χ3n) is 3.09. The van der Waals surface area contributed by atoms with Crippen LogP contribution in [-0.2, 0) is 0 Å². The Hall–Kier alpha value is -2.68. The first-order valence-corrected chi connectivity index (χ1v) is 6.36. The Kier molecular flexibility index (Phi) is 3.17. The number of pyridine rings is 1. The predicted molar refractivity (Wildman–Crippen MR) is 77.9 cm³/mol. The standard InChI is InChI=1S/C17H13NO2/c1-12-7-9-14(10-8-12)17(19)20-15-6-2-4-13-5-3-11-18-16(13)15/h2-11H,1H3. The van der Waals surface area contributed by atoms with Crippen LogP contribution >= 0.6 is 0 Å². The molecule has 0 atom stereocenters. The summed E-state index contributed by atoms with van der Waals surface area (Å²) in [7, 11) is 0. The number of esters is 1. The zero-order valence-electron chi connectivity index (χ0n) is 11.0. The molecule has 1 aromatic heterocycles. The first-order chi connectivity index (χ1) is 9.74. The first kappa shape index (κ1) is 12.4. The van der Waals surface area contributed by atoms with Gasteiger partial charge in [-0.1, -0.05) is 35.9 Å². The summed E-state index contributed by atoms with van der Waals surface area (Å²) in [5.41, 5.74) is 2.33. The van der Waals surface area contributed by atoms with Crippen LogP contribution in [0, 0.1) is 6.92 Å². The average molecular weight is 263 g/mol. The summed E-state index contributed by atoms with van der Waals surface area (Å²) in [6.45, 7) is 1.98. The van der Waals surface area contributed by atoms with Crippen molar-refractivity contribution < 1.29 is 9.53 Å². The minimum absolute atomic E-state index is 0.372. The minimum Gasteiger partial charge on any atom is -0.421 e. The van der Waals surface area contributed by atoms with Gasteiger partial charge in [-0.25, -0.2) is 4.79 Å². The number of fused-ring (bicyclic) bond motifs is 1. The summed E-state index contributed by atoms with van der Waals surface area (Å²) < 4.78 is 5.45. The molecule has 0 fully saturated rings. The first-order valence-electron chi connectivity index (χ1n) is 6.36. The second-order valence-corrected chi connectivity index (χ2v) is 4.59. The van der Waals surface area contributed by atoms with E-state index < -0.39 is 0 Å². The fraction of sp³-hybridized carbons (Fsp3) is 0.0588. The molecule has 3 nitrogen and oxygen atoms in total. The topological polar surface area (TPSA) is 39.2 Å². The fourth-order valence-corrected chi connectivity index (χ4v) is 2.01. The number of benzene rings is 2. The molecule has 0 amide bonds. The van der Waals surface area contributed by atoms with E-state index in [-0.39, 0.29) is 5.97 Å². The Bertz CT molecular complexity index is 758. The van der Waals surface area contributed by atoms with Gasteiger partial charge in [-0.05, 0) is 31.2 Å². The number of nitrogens with zero attached hydrogens (tertiary/aromatic N) is 1. The maximum absolute atomic E-state index is 12.1. The molecule has 98 valence electrons. The molecule has 3 rings (SSSR count). The molecule has 0 aliphatic rings. The van der Waals surface area contributed by atoms with E-state index in [1.54, 1.807) is 24.4 Å². The van der Waals surface area contributed by atoms with E-state index in [9.17, 15) is 4.79 Å².